The maximum Gasteiger partial charge on any atom is 0.235 e. The maximum atomic E-state index is 13.5. The highest BCUT2D eigenvalue weighted by atomic mass is 127. The Morgan fingerprint density at radius 2 is 1.84 bits per heavy atom. The number of nitrogens with two attached hydrogens (primary N) is 1. The molecule has 0 radical (unpaired) electrons. The van der Waals surface area contributed by atoms with Crippen LogP contribution in [0, 0.1) is 27.2 Å². The minimum Gasteiger partial charge on any atom is -0.507 e. The van der Waals surface area contributed by atoms with E-state index in [4.69, 9.17) is 5.73 Å². The number of carbonyl (C=O) groups is 5. The lowest BCUT2D eigenvalue weighted by Crippen LogP contribution is -2.74. The molecular formula is C21H21IN2O7. The number of rotatable bonds is 2. The summed E-state index contributed by atoms with van der Waals surface area (Å²) in [6.07, 6.45) is 0.328. The van der Waals surface area contributed by atoms with Crippen molar-refractivity contribution >= 4 is 51.6 Å². The van der Waals surface area contributed by atoms with Crippen LogP contribution in [0.4, 0.5) is 0 Å². The van der Waals surface area contributed by atoms with Gasteiger partial charge in [0.25, 0.3) is 0 Å². The number of likely N-dealkylation sites (N-methyl/N-ethyl adjacent to an activating group) is 1. The van der Waals surface area contributed by atoms with Gasteiger partial charge >= 0.3 is 0 Å². The molecule has 9 nitrogen and oxygen atoms in total. The van der Waals surface area contributed by atoms with Gasteiger partial charge in [0.05, 0.1) is 17.5 Å². The molecule has 0 saturated heterocycles. The number of carbonyl (C=O) groups excluding carboxylic acids is 5. The van der Waals surface area contributed by atoms with Gasteiger partial charge in [-0.25, -0.2) is 0 Å². The van der Waals surface area contributed by atoms with Crippen molar-refractivity contribution in [1.82, 2.24) is 4.90 Å². The second-order valence-corrected chi connectivity index (χ2v) is 9.87. The predicted octanol–water partition coefficient (Wildman–Crippen LogP) is -0.528. The average Bonchev–Trinajstić information content (AvgIpc) is 2.67. The number of phenols is 1. The highest BCUT2D eigenvalue weighted by Gasteiger charge is 2.69. The fourth-order valence-corrected chi connectivity index (χ4v) is 6.24. The molecule has 1 amide bonds. The van der Waals surface area contributed by atoms with Crippen molar-refractivity contribution < 1.29 is 34.2 Å². The number of phenolic OH excluding ortho intramolecular Hbond substituents is 1. The zero-order chi connectivity index (χ0) is 23.0. The summed E-state index contributed by atoms with van der Waals surface area (Å²) in [6, 6.07) is 1.93. The number of Topliss-reactive ketones (excluding diaryl/α,β-unsaturated/α-hetero) is 4. The first-order valence-corrected chi connectivity index (χ1v) is 10.9. The largest absolute Gasteiger partial charge is 0.507 e. The van der Waals surface area contributed by atoms with E-state index in [0.717, 1.165) is 3.57 Å². The smallest absolute Gasteiger partial charge is 0.235 e. The van der Waals surface area contributed by atoms with Crippen LogP contribution in [0.3, 0.4) is 0 Å². The van der Waals surface area contributed by atoms with E-state index in [-0.39, 0.29) is 24.2 Å². The molecule has 1 aromatic rings. The summed E-state index contributed by atoms with van der Waals surface area (Å²) in [5.41, 5.74) is 3.21. The molecule has 164 valence electrons. The van der Waals surface area contributed by atoms with Gasteiger partial charge in [0.1, 0.15) is 5.75 Å². The topological polar surface area (TPSA) is 155 Å². The molecule has 2 saturated carbocycles. The monoisotopic (exact) mass is 540 g/mol. The number of ketones is 4. The number of primary amides is 1. The summed E-state index contributed by atoms with van der Waals surface area (Å²) in [4.78, 5) is 66.2. The Hall–Kier alpha value is -2.18. The Kier molecular flexibility index (Phi) is 5.10. The Balaban J connectivity index is 1.88. The highest BCUT2D eigenvalue weighted by molar-refractivity contribution is 14.1. The number of aromatic hydroxyl groups is 1. The number of hydrogen-bond acceptors (Lipinski definition) is 8. The molecule has 0 spiro atoms. The Labute approximate surface area is 191 Å². The number of fused-ring (bicyclic) bond motifs is 3. The Morgan fingerprint density at radius 3 is 2.42 bits per heavy atom. The fraction of sp³-hybridized carbons (Fsp3) is 0.476. The van der Waals surface area contributed by atoms with Gasteiger partial charge in [0.2, 0.25) is 5.91 Å². The number of aliphatic hydroxyl groups is 1. The number of halogens is 1. The second-order valence-electron chi connectivity index (χ2n) is 8.71. The van der Waals surface area contributed by atoms with Gasteiger partial charge in [-0.15, -0.1) is 0 Å². The van der Waals surface area contributed by atoms with Crippen LogP contribution in [0.2, 0.25) is 0 Å². The van der Waals surface area contributed by atoms with Gasteiger partial charge < -0.3 is 15.9 Å². The minimum atomic E-state index is -2.69. The van der Waals surface area contributed by atoms with E-state index < -0.39 is 64.4 Å². The van der Waals surface area contributed by atoms with Gasteiger partial charge in [-0.1, -0.05) is 0 Å². The standard InChI is InChI=1S/C21H21IN2O7/c1-24(2)15-9-6-7-5-8-10(22)3-4-11(25)13(8)16(26)12(7)18(28)21(9,31)19(29)14(17(15)27)20(23)30/h3-4,7,9,12,14-15,25,31H,5-6H2,1-2H3,(H2,23,30)/t7-,9-,12?,14?,15?,21-/m0/s1. The molecule has 4 N–H and O–H groups in total. The lowest BCUT2D eigenvalue weighted by atomic mass is 9.52. The molecule has 31 heavy (non-hydrogen) atoms. The van der Waals surface area contributed by atoms with Gasteiger partial charge in [-0.3, -0.25) is 28.9 Å². The molecule has 0 heterocycles. The third kappa shape index (κ3) is 2.84. The SMILES string of the molecule is CN(C)C1C(=O)C(C(N)=O)C(=O)[C@@]2(O)C(=O)C3C(=O)c4c(O)ccc(I)c4C[C@H]3C[C@@H]12. The Morgan fingerprint density at radius 1 is 1.19 bits per heavy atom. The lowest BCUT2D eigenvalue weighted by molar-refractivity contribution is -0.181. The van der Waals surface area contributed by atoms with Crippen molar-refractivity contribution in [2.45, 2.75) is 24.5 Å². The number of hydrogen-bond donors (Lipinski definition) is 3. The first-order valence-electron chi connectivity index (χ1n) is 9.77. The molecular weight excluding hydrogens is 519 g/mol. The van der Waals surface area contributed by atoms with Crippen LogP contribution in [0.15, 0.2) is 12.1 Å². The quantitative estimate of drug-likeness (QED) is 0.334. The first kappa shape index (κ1) is 22.0. The number of nitrogens with zero attached hydrogens (tertiary/aromatic N) is 1. The summed E-state index contributed by atoms with van der Waals surface area (Å²) < 4.78 is 0.749. The zero-order valence-corrected chi connectivity index (χ0v) is 19.0. The maximum absolute atomic E-state index is 13.5. The molecule has 3 aliphatic rings. The van der Waals surface area contributed by atoms with Crippen molar-refractivity contribution in [3.63, 3.8) is 0 Å². The van der Waals surface area contributed by atoms with Crippen molar-refractivity contribution in [1.29, 1.82) is 0 Å². The van der Waals surface area contributed by atoms with Crippen LogP contribution in [-0.4, -0.2) is 69.9 Å². The summed E-state index contributed by atoms with van der Waals surface area (Å²) in [5, 5.41) is 21.7. The van der Waals surface area contributed by atoms with Crippen LogP contribution in [0.1, 0.15) is 22.3 Å². The van der Waals surface area contributed by atoms with Crippen LogP contribution in [-0.2, 0) is 25.6 Å². The lowest BCUT2D eigenvalue weighted by Gasteiger charge is -2.52. The summed E-state index contributed by atoms with van der Waals surface area (Å²) >= 11 is 2.04. The molecule has 0 aliphatic heterocycles. The predicted molar refractivity (Wildman–Crippen MR) is 114 cm³/mol. The van der Waals surface area contributed by atoms with E-state index in [1.165, 1.54) is 11.0 Å². The zero-order valence-electron chi connectivity index (χ0n) is 16.8. The summed E-state index contributed by atoms with van der Waals surface area (Å²) in [5.74, 6) is -10.2. The third-order valence-corrected chi connectivity index (χ3v) is 7.90. The number of amides is 1. The Bertz CT molecular complexity index is 1070. The van der Waals surface area contributed by atoms with Crippen LogP contribution >= 0.6 is 22.6 Å². The van der Waals surface area contributed by atoms with Crippen LogP contribution in [0.5, 0.6) is 5.75 Å². The first-order chi connectivity index (χ1) is 14.4. The molecule has 3 aliphatic carbocycles. The average molecular weight is 540 g/mol. The van der Waals surface area contributed by atoms with Gasteiger partial charge in [-0.2, -0.15) is 0 Å². The molecule has 4 rings (SSSR count). The van der Waals surface area contributed by atoms with E-state index in [1.807, 2.05) is 22.6 Å². The molecule has 2 fully saturated rings. The van der Waals surface area contributed by atoms with Crippen LogP contribution < -0.4 is 5.73 Å². The molecule has 6 atom stereocenters. The molecule has 3 unspecified atom stereocenters. The van der Waals surface area contributed by atoms with E-state index in [1.54, 1.807) is 20.2 Å². The summed E-state index contributed by atoms with van der Waals surface area (Å²) in [7, 11) is 3.10. The van der Waals surface area contributed by atoms with Gasteiger partial charge in [0, 0.05) is 9.49 Å². The summed E-state index contributed by atoms with van der Waals surface area (Å²) in [6.45, 7) is 0. The van der Waals surface area contributed by atoms with E-state index in [0.29, 0.717) is 5.56 Å². The molecule has 0 bridgehead atoms. The molecule has 10 heteroatoms. The van der Waals surface area contributed by atoms with Crippen LogP contribution in [0.25, 0.3) is 0 Å². The fourth-order valence-electron chi connectivity index (χ4n) is 5.57. The van der Waals surface area contributed by atoms with Crippen molar-refractivity contribution in [3.8, 4) is 5.75 Å². The molecule has 0 aromatic heterocycles. The van der Waals surface area contributed by atoms with Gasteiger partial charge in [-0.05, 0) is 73.1 Å². The van der Waals surface area contributed by atoms with Crippen molar-refractivity contribution in [3.05, 3.63) is 26.8 Å². The second kappa shape index (κ2) is 7.17. The van der Waals surface area contributed by atoms with E-state index in [9.17, 15) is 34.2 Å². The number of benzene rings is 1. The van der Waals surface area contributed by atoms with E-state index >= 15 is 0 Å². The highest BCUT2D eigenvalue weighted by Crippen LogP contribution is 2.50. The normalized spacial score (nSPS) is 34.9. The minimum absolute atomic E-state index is 0.0125. The third-order valence-electron chi connectivity index (χ3n) is 6.89. The van der Waals surface area contributed by atoms with E-state index in [2.05, 4.69) is 0 Å². The van der Waals surface area contributed by atoms with Crippen molar-refractivity contribution in [2.75, 3.05) is 14.1 Å². The molecule has 1 aromatic carbocycles. The van der Waals surface area contributed by atoms with Crippen molar-refractivity contribution in [2.24, 2.45) is 29.4 Å². The van der Waals surface area contributed by atoms with Gasteiger partial charge in [0.15, 0.2) is 34.7 Å².